The smallest absolute Gasteiger partial charge is 0.238 e. The molecule has 0 saturated carbocycles. The quantitative estimate of drug-likeness (QED) is 0.740. The van der Waals surface area contributed by atoms with E-state index in [4.69, 9.17) is 0 Å². The van der Waals surface area contributed by atoms with Crippen LogP contribution in [-0.2, 0) is 6.30 Å². The van der Waals surface area contributed by atoms with Crippen molar-refractivity contribution in [2.75, 3.05) is 0 Å². The Labute approximate surface area is 97.1 Å². The second-order valence-corrected chi connectivity index (χ2v) is 4.37. The summed E-state index contributed by atoms with van der Waals surface area (Å²) in [7, 11) is 0. The summed E-state index contributed by atoms with van der Waals surface area (Å²) in [5.74, 6) is 0.157. The first kappa shape index (κ1) is 12.0. The minimum Gasteiger partial charge on any atom is -0.238 e. The largest absolute Gasteiger partial charge is 0.490 e. The molecule has 0 aliphatic heterocycles. The SMILES string of the molecule is Cc1nc2ccc(C(C)C)cc2n1C(F)(F)F. The van der Waals surface area contributed by atoms with Crippen molar-refractivity contribution in [1.29, 1.82) is 0 Å². The maximum Gasteiger partial charge on any atom is 0.490 e. The molecule has 0 bridgehead atoms. The molecule has 0 N–H and O–H groups in total. The number of hydrogen-bond acceptors (Lipinski definition) is 1. The fourth-order valence-electron chi connectivity index (χ4n) is 1.89. The van der Waals surface area contributed by atoms with Gasteiger partial charge in [0.15, 0.2) is 0 Å². The molecular weight excluding hydrogens is 229 g/mol. The Bertz CT molecular complexity index is 553. The lowest BCUT2D eigenvalue weighted by Gasteiger charge is -2.11. The first-order valence-corrected chi connectivity index (χ1v) is 5.37. The number of halogens is 3. The molecule has 0 radical (unpaired) electrons. The van der Waals surface area contributed by atoms with Crippen LogP contribution in [0.1, 0.15) is 31.2 Å². The predicted molar refractivity (Wildman–Crippen MR) is 59.9 cm³/mol. The molecule has 0 aliphatic rings. The van der Waals surface area contributed by atoms with Crippen molar-refractivity contribution in [3.05, 3.63) is 29.6 Å². The van der Waals surface area contributed by atoms with Gasteiger partial charge in [0.25, 0.3) is 0 Å². The maximum absolute atomic E-state index is 12.9. The van der Waals surface area contributed by atoms with Crippen LogP contribution < -0.4 is 0 Å². The molecule has 0 atom stereocenters. The van der Waals surface area contributed by atoms with Crippen LogP contribution in [-0.4, -0.2) is 9.55 Å². The molecule has 0 spiro atoms. The third-order valence-electron chi connectivity index (χ3n) is 2.77. The van der Waals surface area contributed by atoms with Crippen molar-refractivity contribution in [1.82, 2.24) is 9.55 Å². The molecule has 1 heterocycles. The zero-order valence-corrected chi connectivity index (χ0v) is 9.84. The highest BCUT2D eigenvalue weighted by atomic mass is 19.4. The van der Waals surface area contributed by atoms with E-state index in [-0.39, 0.29) is 17.3 Å². The van der Waals surface area contributed by atoms with Gasteiger partial charge in [-0.05, 0) is 30.5 Å². The van der Waals surface area contributed by atoms with Crippen molar-refractivity contribution in [3.63, 3.8) is 0 Å². The van der Waals surface area contributed by atoms with Gasteiger partial charge in [0.2, 0.25) is 0 Å². The lowest BCUT2D eigenvalue weighted by molar-refractivity contribution is -0.202. The van der Waals surface area contributed by atoms with Crippen molar-refractivity contribution >= 4 is 11.0 Å². The Morgan fingerprint density at radius 3 is 2.41 bits per heavy atom. The predicted octanol–water partition coefficient (Wildman–Crippen LogP) is 3.94. The molecule has 5 heteroatoms. The maximum atomic E-state index is 12.9. The topological polar surface area (TPSA) is 17.8 Å². The molecule has 2 nitrogen and oxygen atoms in total. The number of nitrogens with zero attached hydrogens (tertiary/aromatic N) is 2. The van der Waals surface area contributed by atoms with Gasteiger partial charge in [0.05, 0.1) is 11.0 Å². The van der Waals surface area contributed by atoms with Crippen molar-refractivity contribution in [3.8, 4) is 0 Å². The van der Waals surface area contributed by atoms with Crippen LogP contribution >= 0.6 is 0 Å². The fraction of sp³-hybridized carbons (Fsp3) is 0.417. The van der Waals surface area contributed by atoms with Gasteiger partial charge >= 0.3 is 6.30 Å². The molecule has 0 unspecified atom stereocenters. The molecule has 2 aromatic rings. The van der Waals surface area contributed by atoms with Gasteiger partial charge in [0.1, 0.15) is 5.82 Å². The van der Waals surface area contributed by atoms with Gasteiger partial charge < -0.3 is 0 Å². The summed E-state index contributed by atoms with van der Waals surface area (Å²) in [6, 6.07) is 5.02. The van der Waals surface area contributed by atoms with E-state index in [1.54, 1.807) is 12.1 Å². The number of rotatable bonds is 1. The van der Waals surface area contributed by atoms with Gasteiger partial charge in [-0.25, -0.2) is 9.55 Å². The summed E-state index contributed by atoms with van der Waals surface area (Å²) in [4.78, 5) is 3.92. The average Bonchev–Trinajstić information content (AvgIpc) is 2.51. The fourth-order valence-corrected chi connectivity index (χ4v) is 1.89. The summed E-state index contributed by atoms with van der Waals surface area (Å²) in [6.45, 7) is 5.26. The van der Waals surface area contributed by atoms with Gasteiger partial charge in [-0.2, -0.15) is 0 Å². The average molecular weight is 242 g/mol. The van der Waals surface area contributed by atoms with E-state index in [1.165, 1.54) is 6.92 Å². The lowest BCUT2D eigenvalue weighted by Crippen LogP contribution is -2.18. The minimum absolute atomic E-state index is 0.0339. The first-order valence-electron chi connectivity index (χ1n) is 5.37. The molecule has 0 aliphatic carbocycles. The number of hydrogen-bond donors (Lipinski definition) is 0. The van der Waals surface area contributed by atoms with Crippen molar-refractivity contribution in [2.24, 2.45) is 0 Å². The van der Waals surface area contributed by atoms with Crippen LogP contribution in [0.4, 0.5) is 13.2 Å². The highest BCUT2D eigenvalue weighted by Crippen LogP contribution is 2.31. The third-order valence-corrected chi connectivity index (χ3v) is 2.77. The van der Waals surface area contributed by atoms with Crippen molar-refractivity contribution < 1.29 is 13.2 Å². The van der Waals surface area contributed by atoms with Gasteiger partial charge in [-0.3, -0.25) is 0 Å². The lowest BCUT2D eigenvalue weighted by atomic mass is 10.0. The molecule has 0 saturated heterocycles. The number of aromatic nitrogens is 2. The zero-order chi connectivity index (χ0) is 12.8. The summed E-state index contributed by atoms with van der Waals surface area (Å²) in [5.41, 5.74) is 1.38. The number of fused-ring (bicyclic) bond motifs is 1. The summed E-state index contributed by atoms with van der Waals surface area (Å²) >= 11 is 0. The molecule has 1 aromatic heterocycles. The van der Waals surface area contributed by atoms with Crippen LogP contribution in [0.15, 0.2) is 18.2 Å². The highest BCUT2D eigenvalue weighted by molar-refractivity contribution is 5.77. The Balaban J connectivity index is 2.74. The minimum atomic E-state index is -4.42. The second-order valence-electron chi connectivity index (χ2n) is 4.37. The molecular formula is C12H13F3N2. The van der Waals surface area contributed by atoms with Crippen LogP contribution in [0.5, 0.6) is 0 Å². The molecule has 1 aromatic carbocycles. The van der Waals surface area contributed by atoms with Crippen LogP contribution in [0.3, 0.4) is 0 Å². The normalized spacial score (nSPS) is 12.6. The van der Waals surface area contributed by atoms with E-state index in [0.29, 0.717) is 10.1 Å². The van der Waals surface area contributed by atoms with Crippen molar-refractivity contribution in [2.45, 2.75) is 33.0 Å². The van der Waals surface area contributed by atoms with E-state index in [2.05, 4.69) is 4.98 Å². The van der Waals surface area contributed by atoms with Crippen LogP contribution in [0.2, 0.25) is 0 Å². The van der Waals surface area contributed by atoms with Crippen LogP contribution in [0.25, 0.3) is 11.0 Å². The molecule has 0 amide bonds. The van der Waals surface area contributed by atoms with E-state index in [1.807, 2.05) is 19.9 Å². The van der Waals surface area contributed by atoms with E-state index < -0.39 is 6.30 Å². The van der Waals surface area contributed by atoms with E-state index in [0.717, 1.165) is 5.56 Å². The Kier molecular flexibility index (Phi) is 2.64. The third kappa shape index (κ3) is 2.01. The molecule has 0 fully saturated rings. The highest BCUT2D eigenvalue weighted by Gasteiger charge is 2.34. The van der Waals surface area contributed by atoms with Crippen LogP contribution in [0, 0.1) is 6.92 Å². The monoisotopic (exact) mass is 242 g/mol. The van der Waals surface area contributed by atoms with Gasteiger partial charge in [-0.15, -0.1) is 13.2 Å². The molecule has 17 heavy (non-hydrogen) atoms. The number of alkyl halides is 3. The van der Waals surface area contributed by atoms with Gasteiger partial charge in [-0.1, -0.05) is 19.9 Å². The Hall–Kier alpha value is -1.52. The zero-order valence-electron chi connectivity index (χ0n) is 9.84. The second kappa shape index (κ2) is 3.75. The summed E-state index contributed by atoms with van der Waals surface area (Å²) in [5, 5.41) is 0. The summed E-state index contributed by atoms with van der Waals surface area (Å²) < 4.78 is 38.9. The molecule has 92 valence electrons. The summed E-state index contributed by atoms with van der Waals surface area (Å²) in [6.07, 6.45) is -4.42. The molecule has 2 rings (SSSR count). The van der Waals surface area contributed by atoms with E-state index in [9.17, 15) is 13.2 Å². The number of imidazole rings is 1. The Morgan fingerprint density at radius 2 is 1.88 bits per heavy atom. The number of aryl methyl sites for hydroxylation is 1. The van der Waals surface area contributed by atoms with Gasteiger partial charge in [0, 0.05) is 0 Å². The van der Waals surface area contributed by atoms with E-state index >= 15 is 0 Å². The first-order chi connectivity index (χ1) is 7.80. The standard InChI is InChI=1S/C12H13F3N2/c1-7(2)9-4-5-10-11(6-9)17(8(3)16-10)12(13,14)15/h4-7H,1-3H3. The number of benzene rings is 1. The Morgan fingerprint density at radius 1 is 1.24 bits per heavy atom.